The molecule has 0 aromatic heterocycles. The van der Waals surface area contributed by atoms with Crippen LogP contribution < -0.4 is 5.32 Å². The maximum Gasteiger partial charge on any atom is 0.322 e. The van der Waals surface area contributed by atoms with Crippen LogP contribution >= 0.6 is 0 Å². The second kappa shape index (κ2) is 4.75. The van der Waals surface area contributed by atoms with Gasteiger partial charge in [-0.3, -0.25) is 0 Å². The van der Waals surface area contributed by atoms with Gasteiger partial charge in [0.15, 0.2) is 0 Å². The molecular weight excluding hydrogens is 260 g/mol. The van der Waals surface area contributed by atoms with Gasteiger partial charge >= 0.3 is 6.03 Å². The summed E-state index contributed by atoms with van der Waals surface area (Å²) < 4.78 is 0. The van der Waals surface area contributed by atoms with Gasteiger partial charge in [-0.1, -0.05) is 38.5 Å². The fourth-order valence-electron chi connectivity index (χ4n) is 4.53. The van der Waals surface area contributed by atoms with Crippen LogP contribution in [0.25, 0.3) is 0 Å². The average molecular weight is 286 g/mol. The van der Waals surface area contributed by atoms with Gasteiger partial charge in [0.25, 0.3) is 0 Å². The summed E-state index contributed by atoms with van der Waals surface area (Å²) in [7, 11) is 0. The Hall–Kier alpha value is -1.51. The Morgan fingerprint density at radius 3 is 2.52 bits per heavy atom. The number of benzene rings is 1. The van der Waals surface area contributed by atoms with Gasteiger partial charge in [-0.25, -0.2) is 4.79 Å². The predicted octanol–water partition coefficient (Wildman–Crippen LogP) is 4.43. The topological polar surface area (TPSA) is 32.3 Å². The summed E-state index contributed by atoms with van der Waals surface area (Å²) in [6.07, 6.45) is 3.48. The fraction of sp³-hybridized carbons (Fsp3) is 0.611. The first-order chi connectivity index (χ1) is 9.76. The average Bonchev–Trinajstić information content (AvgIpc) is 2.61. The van der Waals surface area contributed by atoms with Crippen molar-refractivity contribution < 1.29 is 4.79 Å². The second-order valence-electron chi connectivity index (χ2n) is 8.14. The van der Waals surface area contributed by atoms with Gasteiger partial charge < -0.3 is 10.2 Å². The van der Waals surface area contributed by atoms with Crippen molar-refractivity contribution in [2.45, 2.75) is 53.0 Å². The lowest BCUT2D eigenvalue weighted by Gasteiger charge is -2.39. The van der Waals surface area contributed by atoms with Gasteiger partial charge in [0.2, 0.25) is 0 Å². The van der Waals surface area contributed by atoms with Crippen LogP contribution in [0.4, 0.5) is 10.5 Å². The minimum Gasteiger partial charge on any atom is -0.321 e. The lowest BCUT2D eigenvalue weighted by atomic mass is 9.65. The zero-order valence-corrected chi connectivity index (χ0v) is 13.6. The molecule has 3 nitrogen and oxygen atoms in total. The van der Waals surface area contributed by atoms with E-state index in [9.17, 15) is 4.79 Å². The number of aryl methyl sites for hydroxylation is 1. The van der Waals surface area contributed by atoms with Gasteiger partial charge in [-0.05, 0) is 49.1 Å². The van der Waals surface area contributed by atoms with Crippen LogP contribution in [0.5, 0.6) is 0 Å². The first kappa shape index (κ1) is 14.4. The number of hydrogen-bond acceptors (Lipinski definition) is 1. The molecule has 0 unspecified atom stereocenters. The van der Waals surface area contributed by atoms with Crippen LogP contribution in [0.1, 0.15) is 45.6 Å². The highest BCUT2D eigenvalue weighted by atomic mass is 16.2. The third-order valence-corrected chi connectivity index (χ3v) is 4.98. The highest BCUT2D eigenvalue weighted by Gasteiger charge is 2.50. The minimum absolute atomic E-state index is 0.0604. The first-order valence-electron chi connectivity index (χ1n) is 7.91. The Morgan fingerprint density at radius 1 is 1.19 bits per heavy atom. The summed E-state index contributed by atoms with van der Waals surface area (Å²) >= 11 is 0. The van der Waals surface area contributed by atoms with Crippen molar-refractivity contribution >= 4 is 11.7 Å². The molecule has 1 heterocycles. The van der Waals surface area contributed by atoms with Crippen molar-refractivity contribution in [1.29, 1.82) is 0 Å². The number of carbonyl (C=O) groups is 1. The van der Waals surface area contributed by atoms with Gasteiger partial charge in [0.05, 0.1) is 0 Å². The molecule has 2 atom stereocenters. The number of nitrogens with one attached hydrogen (secondary N) is 1. The third-order valence-electron chi connectivity index (χ3n) is 4.98. The Bertz CT molecular complexity index is 549. The fourth-order valence-corrected chi connectivity index (χ4v) is 4.53. The smallest absolute Gasteiger partial charge is 0.321 e. The van der Waals surface area contributed by atoms with Crippen LogP contribution in [0.2, 0.25) is 0 Å². The van der Waals surface area contributed by atoms with E-state index < -0.39 is 0 Å². The number of urea groups is 1. The van der Waals surface area contributed by atoms with Crippen LogP contribution in [-0.2, 0) is 0 Å². The molecule has 2 aliphatic rings. The van der Waals surface area contributed by atoms with Crippen LogP contribution in [0, 0.1) is 17.8 Å². The van der Waals surface area contributed by atoms with Crippen molar-refractivity contribution in [2.75, 3.05) is 11.9 Å². The van der Waals surface area contributed by atoms with E-state index in [2.05, 4.69) is 37.9 Å². The van der Waals surface area contributed by atoms with Crippen molar-refractivity contribution in [3.63, 3.8) is 0 Å². The van der Waals surface area contributed by atoms with Crippen molar-refractivity contribution in [2.24, 2.45) is 10.8 Å². The van der Waals surface area contributed by atoms with Crippen LogP contribution in [0.3, 0.4) is 0 Å². The normalized spacial score (nSPS) is 30.3. The van der Waals surface area contributed by atoms with E-state index in [-0.39, 0.29) is 11.4 Å². The molecule has 1 aromatic carbocycles. The van der Waals surface area contributed by atoms with Crippen molar-refractivity contribution in [3.05, 3.63) is 29.8 Å². The number of nitrogens with zero attached hydrogens (tertiary/aromatic N) is 1. The molecule has 21 heavy (non-hydrogen) atoms. The van der Waals surface area contributed by atoms with E-state index in [1.54, 1.807) is 0 Å². The maximum absolute atomic E-state index is 12.6. The second-order valence-corrected chi connectivity index (χ2v) is 8.14. The molecule has 1 saturated carbocycles. The zero-order valence-electron chi connectivity index (χ0n) is 13.6. The van der Waals surface area contributed by atoms with E-state index in [0.29, 0.717) is 11.5 Å². The van der Waals surface area contributed by atoms with E-state index in [4.69, 9.17) is 0 Å². The molecule has 3 heteroatoms. The minimum atomic E-state index is 0.0604. The molecule has 1 N–H and O–H groups in total. The maximum atomic E-state index is 12.6. The highest BCUT2D eigenvalue weighted by Crippen LogP contribution is 2.52. The molecule has 1 aromatic rings. The lowest BCUT2D eigenvalue weighted by molar-refractivity contribution is 0.130. The number of rotatable bonds is 1. The van der Waals surface area contributed by atoms with Crippen molar-refractivity contribution in [3.8, 4) is 0 Å². The molecule has 1 aliphatic heterocycles. The van der Waals surface area contributed by atoms with Gasteiger partial charge in [0, 0.05) is 18.3 Å². The molecule has 0 radical (unpaired) electrons. The first-order valence-corrected chi connectivity index (χ1v) is 7.91. The standard InChI is InChI=1S/C18H26N2O/c1-13-5-7-14(8-6-13)19-16(21)20-12-18(4)10-15(20)9-17(2,3)11-18/h5-8,15H,9-12H2,1-4H3,(H,19,21)/t15-,18+/m1/s1. The molecule has 1 aliphatic carbocycles. The number of amides is 2. The monoisotopic (exact) mass is 286 g/mol. The van der Waals surface area contributed by atoms with E-state index in [1.807, 2.05) is 24.3 Å². The van der Waals surface area contributed by atoms with Gasteiger partial charge in [0.1, 0.15) is 0 Å². The summed E-state index contributed by atoms with van der Waals surface area (Å²) in [5.74, 6) is 0. The highest BCUT2D eigenvalue weighted by molar-refractivity contribution is 5.89. The molecule has 3 rings (SSSR count). The summed E-state index contributed by atoms with van der Waals surface area (Å²) in [6, 6.07) is 8.46. The summed E-state index contributed by atoms with van der Waals surface area (Å²) in [4.78, 5) is 14.7. The number of hydrogen-bond donors (Lipinski definition) is 1. The van der Waals surface area contributed by atoms with E-state index >= 15 is 0 Å². The van der Waals surface area contributed by atoms with Gasteiger partial charge in [-0.2, -0.15) is 0 Å². The lowest BCUT2D eigenvalue weighted by Crippen LogP contribution is -2.40. The zero-order chi connectivity index (χ0) is 15.3. The summed E-state index contributed by atoms with van der Waals surface area (Å²) in [5, 5.41) is 3.06. The molecule has 2 bridgehead atoms. The quantitative estimate of drug-likeness (QED) is 0.814. The Balaban J connectivity index is 1.73. The Morgan fingerprint density at radius 2 is 1.86 bits per heavy atom. The van der Waals surface area contributed by atoms with Crippen LogP contribution in [-0.4, -0.2) is 23.5 Å². The largest absolute Gasteiger partial charge is 0.322 e. The molecule has 114 valence electrons. The molecule has 1 saturated heterocycles. The number of likely N-dealkylation sites (tertiary alicyclic amines) is 1. The van der Waals surface area contributed by atoms with Crippen molar-refractivity contribution in [1.82, 2.24) is 4.90 Å². The van der Waals surface area contributed by atoms with E-state index in [0.717, 1.165) is 25.1 Å². The summed E-state index contributed by atoms with van der Waals surface area (Å²) in [5.41, 5.74) is 2.73. The Kier molecular flexibility index (Phi) is 3.27. The number of anilines is 1. The Labute approximate surface area is 127 Å². The third kappa shape index (κ3) is 2.92. The molecule has 0 spiro atoms. The van der Waals surface area contributed by atoms with Crippen LogP contribution in [0.15, 0.2) is 24.3 Å². The number of carbonyl (C=O) groups excluding carboxylic acids is 1. The predicted molar refractivity (Wildman–Crippen MR) is 86.4 cm³/mol. The van der Waals surface area contributed by atoms with E-state index in [1.165, 1.54) is 12.0 Å². The summed E-state index contributed by atoms with van der Waals surface area (Å²) in [6.45, 7) is 9.94. The van der Waals surface area contributed by atoms with Gasteiger partial charge in [-0.15, -0.1) is 0 Å². The molecule has 2 fully saturated rings. The molecule has 2 amide bonds. The SMILES string of the molecule is Cc1ccc(NC(=O)N2C[C@@]3(C)C[C@H]2CC(C)(C)C3)cc1. The number of fused-ring (bicyclic) bond motifs is 2. The molecular formula is C18H26N2O.